The van der Waals surface area contributed by atoms with Gasteiger partial charge in [-0.05, 0) is 56.1 Å². The number of ether oxygens (including phenoxy) is 1. The SMILES string of the molecule is CCOc1ccc(S(=O)(=O)N[C@@H](Cc2ccccc2)C(=O)N2CCN(CC)CC2)cc1C. The van der Waals surface area contributed by atoms with Crippen molar-refractivity contribution >= 4 is 15.9 Å². The van der Waals surface area contributed by atoms with Gasteiger partial charge in [0, 0.05) is 26.2 Å². The van der Waals surface area contributed by atoms with Gasteiger partial charge in [0.2, 0.25) is 15.9 Å². The van der Waals surface area contributed by atoms with Crippen molar-refractivity contribution in [2.75, 3.05) is 39.3 Å². The number of nitrogens with one attached hydrogen (secondary N) is 1. The van der Waals surface area contributed by atoms with Crippen LogP contribution in [0, 0.1) is 6.92 Å². The molecule has 1 fully saturated rings. The normalized spacial score (nSPS) is 16.0. The Hall–Kier alpha value is -2.42. The molecule has 0 bridgehead atoms. The highest BCUT2D eigenvalue weighted by Crippen LogP contribution is 2.22. The molecular formula is C24H33N3O4S. The Morgan fingerprint density at radius 3 is 2.34 bits per heavy atom. The summed E-state index contributed by atoms with van der Waals surface area (Å²) in [6, 6.07) is 13.4. The molecule has 1 amide bonds. The fourth-order valence-electron chi connectivity index (χ4n) is 3.90. The van der Waals surface area contributed by atoms with Crippen LogP contribution in [0.2, 0.25) is 0 Å². The second-order valence-corrected chi connectivity index (χ2v) is 9.70. The number of amides is 1. The number of hydrogen-bond donors (Lipinski definition) is 1. The molecule has 1 atom stereocenters. The number of likely N-dealkylation sites (N-methyl/N-ethyl adjacent to an activating group) is 1. The maximum absolute atomic E-state index is 13.4. The van der Waals surface area contributed by atoms with E-state index in [1.54, 1.807) is 17.0 Å². The minimum Gasteiger partial charge on any atom is -0.494 e. The zero-order chi connectivity index (χ0) is 23.1. The first-order valence-electron chi connectivity index (χ1n) is 11.1. The van der Waals surface area contributed by atoms with E-state index in [1.165, 1.54) is 6.07 Å². The van der Waals surface area contributed by atoms with Crippen LogP contribution in [0.5, 0.6) is 5.75 Å². The largest absolute Gasteiger partial charge is 0.494 e. The van der Waals surface area contributed by atoms with Crippen LogP contribution in [-0.2, 0) is 21.2 Å². The predicted molar refractivity (Wildman–Crippen MR) is 125 cm³/mol. The first-order chi connectivity index (χ1) is 15.3. The molecule has 0 radical (unpaired) electrons. The summed E-state index contributed by atoms with van der Waals surface area (Å²) in [5.74, 6) is 0.466. The lowest BCUT2D eigenvalue weighted by Crippen LogP contribution is -2.55. The lowest BCUT2D eigenvalue weighted by atomic mass is 10.1. The van der Waals surface area contributed by atoms with Gasteiger partial charge < -0.3 is 14.5 Å². The third-order valence-electron chi connectivity index (χ3n) is 5.77. The number of carbonyl (C=O) groups excluding carboxylic acids is 1. The molecule has 2 aromatic rings. The molecule has 1 saturated heterocycles. The topological polar surface area (TPSA) is 78.9 Å². The molecule has 1 N–H and O–H groups in total. The van der Waals surface area contributed by atoms with Gasteiger partial charge in [0.1, 0.15) is 11.8 Å². The molecule has 0 saturated carbocycles. The van der Waals surface area contributed by atoms with Gasteiger partial charge in [0.25, 0.3) is 0 Å². The summed E-state index contributed by atoms with van der Waals surface area (Å²) in [5, 5.41) is 0. The van der Waals surface area contributed by atoms with Crippen molar-refractivity contribution in [3.8, 4) is 5.75 Å². The standard InChI is InChI=1S/C24H33N3O4S/c1-4-26-13-15-27(16-14-26)24(28)22(18-20-9-7-6-8-10-20)25-32(29,30)21-11-12-23(31-5-2)19(3)17-21/h6-12,17,22,25H,4-5,13-16,18H2,1-3H3/t22-/m0/s1. The van der Waals surface area contributed by atoms with E-state index in [9.17, 15) is 13.2 Å². The van der Waals surface area contributed by atoms with Gasteiger partial charge in [-0.3, -0.25) is 4.79 Å². The number of nitrogens with zero attached hydrogens (tertiary/aromatic N) is 2. The third kappa shape index (κ3) is 6.09. The predicted octanol–water partition coefficient (Wildman–Crippen LogP) is 2.45. The van der Waals surface area contributed by atoms with Crippen LogP contribution >= 0.6 is 0 Å². The van der Waals surface area contributed by atoms with Gasteiger partial charge in [0.05, 0.1) is 11.5 Å². The van der Waals surface area contributed by atoms with Crippen molar-refractivity contribution in [1.29, 1.82) is 0 Å². The van der Waals surface area contributed by atoms with Crippen molar-refractivity contribution in [3.63, 3.8) is 0 Å². The Morgan fingerprint density at radius 1 is 1.06 bits per heavy atom. The fraction of sp³-hybridized carbons (Fsp3) is 0.458. The van der Waals surface area contributed by atoms with Gasteiger partial charge in [-0.1, -0.05) is 37.3 Å². The highest BCUT2D eigenvalue weighted by molar-refractivity contribution is 7.89. The smallest absolute Gasteiger partial charge is 0.241 e. The molecule has 0 unspecified atom stereocenters. The van der Waals surface area contributed by atoms with Gasteiger partial charge in [-0.2, -0.15) is 4.72 Å². The zero-order valence-corrected chi connectivity index (χ0v) is 19.9. The maximum atomic E-state index is 13.4. The maximum Gasteiger partial charge on any atom is 0.241 e. The summed E-state index contributed by atoms with van der Waals surface area (Å²) in [6.07, 6.45) is 0.295. The van der Waals surface area contributed by atoms with Crippen LogP contribution in [0.4, 0.5) is 0 Å². The number of benzene rings is 2. The third-order valence-corrected chi connectivity index (χ3v) is 7.24. The minimum absolute atomic E-state index is 0.125. The Labute approximate surface area is 191 Å². The quantitative estimate of drug-likeness (QED) is 0.623. The zero-order valence-electron chi connectivity index (χ0n) is 19.1. The lowest BCUT2D eigenvalue weighted by molar-refractivity contribution is -0.134. The van der Waals surface area contributed by atoms with Crippen LogP contribution in [0.3, 0.4) is 0 Å². The van der Waals surface area contributed by atoms with Crippen molar-refractivity contribution in [3.05, 3.63) is 59.7 Å². The first kappa shape index (κ1) is 24.2. The summed E-state index contributed by atoms with van der Waals surface area (Å²) in [5.41, 5.74) is 1.64. The van der Waals surface area contributed by atoms with Crippen LogP contribution in [0.1, 0.15) is 25.0 Å². The van der Waals surface area contributed by atoms with Crippen molar-refractivity contribution in [1.82, 2.24) is 14.5 Å². The molecule has 2 aromatic carbocycles. The highest BCUT2D eigenvalue weighted by atomic mass is 32.2. The van der Waals surface area contributed by atoms with E-state index in [2.05, 4.69) is 16.5 Å². The summed E-state index contributed by atoms with van der Waals surface area (Å²) >= 11 is 0. The Morgan fingerprint density at radius 2 is 1.75 bits per heavy atom. The lowest BCUT2D eigenvalue weighted by Gasteiger charge is -2.36. The summed E-state index contributed by atoms with van der Waals surface area (Å²) < 4.78 is 34.6. The number of piperazine rings is 1. The molecule has 0 spiro atoms. The van der Waals surface area contributed by atoms with E-state index in [0.29, 0.717) is 31.9 Å². The molecule has 32 heavy (non-hydrogen) atoms. The number of carbonyl (C=O) groups is 1. The van der Waals surface area contributed by atoms with Crippen LogP contribution in [-0.4, -0.2) is 69.5 Å². The average Bonchev–Trinajstić information content (AvgIpc) is 2.80. The second-order valence-electron chi connectivity index (χ2n) is 7.98. The molecule has 3 rings (SSSR count). The highest BCUT2D eigenvalue weighted by Gasteiger charge is 2.31. The number of hydrogen-bond acceptors (Lipinski definition) is 5. The Bertz CT molecular complexity index is 1000. The van der Waals surface area contributed by atoms with E-state index in [-0.39, 0.29) is 10.8 Å². The molecule has 1 aliphatic rings. The molecule has 1 aliphatic heterocycles. The van der Waals surface area contributed by atoms with Crippen LogP contribution in [0.15, 0.2) is 53.4 Å². The van der Waals surface area contributed by atoms with E-state index >= 15 is 0 Å². The van der Waals surface area contributed by atoms with Gasteiger partial charge in [-0.25, -0.2) is 8.42 Å². The molecule has 0 aromatic heterocycles. The molecule has 174 valence electrons. The van der Waals surface area contributed by atoms with E-state index in [4.69, 9.17) is 4.74 Å². The van der Waals surface area contributed by atoms with Gasteiger partial charge in [-0.15, -0.1) is 0 Å². The fourth-order valence-corrected chi connectivity index (χ4v) is 5.17. The summed E-state index contributed by atoms with van der Waals surface area (Å²) in [4.78, 5) is 17.5. The molecule has 1 heterocycles. The van der Waals surface area contributed by atoms with E-state index < -0.39 is 16.1 Å². The molecular weight excluding hydrogens is 426 g/mol. The Kier molecular flexibility index (Phi) is 8.28. The van der Waals surface area contributed by atoms with E-state index in [1.807, 2.05) is 44.2 Å². The molecule has 7 nitrogen and oxygen atoms in total. The van der Waals surface area contributed by atoms with Crippen LogP contribution < -0.4 is 9.46 Å². The van der Waals surface area contributed by atoms with Crippen molar-refractivity contribution < 1.29 is 17.9 Å². The summed E-state index contributed by atoms with van der Waals surface area (Å²) in [6.45, 7) is 10.0. The molecule has 0 aliphatic carbocycles. The number of sulfonamides is 1. The van der Waals surface area contributed by atoms with E-state index in [0.717, 1.165) is 30.8 Å². The Balaban J connectivity index is 1.83. The average molecular weight is 460 g/mol. The number of aryl methyl sites for hydroxylation is 1. The second kappa shape index (κ2) is 10.9. The van der Waals surface area contributed by atoms with Crippen molar-refractivity contribution in [2.24, 2.45) is 0 Å². The van der Waals surface area contributed by atoms with Crippen molar-refractivity contribution in [2.45, 2.75) is 38.1 Å². The monoisotopic (exact) mass is 459 g/mol. The van der Waals surface area contributed by atoms with Gasteiger partial charge in [0.15, 0.2) is 0 Å². The minimum atomic E-state index is -3.90. The van der Waals surface area contributed by atoms with Gasteiger partial charge >= 0.3 is 0 Å². The van der Waals surface area contributed by atoms with Crippen LogP contribution in [0.25, 0.3) is 0 Å². The first-order valence-corrected chi connectivity index (χ1v) is 12.6. The number of rotatable bonds is 9. The molecule has 8 heteroatoms. The summed E-state index contributed by atoms with van der Waals surface area (Å²) in [7, 11) is -3.90.